The molecule has 31 heavy (non-hydrogen) atoms. The first-order valence-corrected chi connectivity index (χ1v) is 10.3. The molecule has 0 amide bonds. The Morgan fingerprint density at radius 3 is 2.55 bits per heavy atom. The zero-order chi connectivity index (χ0) is 21.2. The Morgan fingerprint density at radius 1 is 0.903 bits per heavy atom. The molecular formula is C26H22O5. The van der Waals surface area contributed by atoms with Gasteiger partial charge < -0.3 is 18.6 Å². The van der Waals surface area contributed by atoms with E-state index in [1.807, 2.05) is 48.5 Å². The summed E-state index contributed by atoms with van der Waals surface area (Å²) < 4.78 is 23.4. The number of hydrogen-bond acceptors (Lipinski definition) is 5. The number of fused-ring (bicyclic) bond motifs is 2. The van der Waals surface area contributed by atoms with Crippen LogP contribution < -0.4 is 19.6 Å². The lowest BCUT2D eigenvalue weighted by Crippen LogP contribution is -2.08. The molecule has 2 heterocycles. The Bertz CT molecular complexity index is 1290. The van der Waals surface area contributed by atoms with E-state index in [1.54, 1.807) is 25.1 Å². The summed E-state index contributed by atoms with van der Waals surface area (Å²) in [6.07, 6.45) is 0.829. The van der Waals surface area contributed by atoms with Gasteiger partial charge in [0.2, 0.25) is 5.43 Å². The fourth-order valence-electron chi connectivity index (χ4n) is 3.77. The van der Waals surface area contributed by atoms with Crippen molar-refractivity contribution in [3.8, 4) is 28.4 Å². The summed E-state index contributed by atoms with van der Waals surface area (Å²) in [4.78, 5) is 13.3. The van der Waals surface area contributed by atoms with Gasteiger partial charge in [0.05, 0.1) is 24.2 Å². The van der Waals surface area contributed by atoms with Crippen LogP contribution in [0.15, 0.2) is 75.9 Å². The Kier molecular flexibility index (Phi) is 5.08. The van der Waals surface area contributed by atoms with Crippen molar-refractivity contribution >= 4 is 11.0 Å². The van der Waals surface area contributed by atoms with E-state index in [0.29, 0.717) is 59.4 Å². The minimum absolute atomic E-state index is 0.0807. The third kappa shape index (κ3) is 3.87. The molecule has 1 aliphatic rings. The zero-order valence-corrected chi connectivity index (χ0v) is 17.2. The van der Waals surface area contributed by atoms with E-state index in [4.69, 9.17) is 18.6 Å². The van der Waals surface area contributed by atoms with Gasteiger partial charge in [-0.05, 0) is 42.3 Å². The third-order valence-electron chi connectivity index (χ3n) is 5.32. The molecule has 0 fully saturated rings. The van der Waals surface area contributed by atoms with Crippen LogP contribution in [0.1, 0.15) is 17.7 Å². The van der Waals surface area contributed by atoms with Gasteiger partial charge in [-0.2, -0.15) is 0 Å². The maximum absolute atomic E-state index is 13.3. The van der Waals surface area contributed by atoms with Crippen molar-refractivity contribution in [1.82, 2.24) is 0 Å². The lowest BCUT2D eigenvalue weighted by atomic mass is 10.0. The van der Waals surface area contributed by atoms with Gasteiger partial charge in [0, 0.05) is 12.5 Å². The molecule has 0 bridgehead atoms. The summed E-state index contributed by atoms with van der Waals surface area (Å²) in [5, 5.41) is 0.514. The number of benzene rings is 3. The first-order valence-electron chi connectivity index (χ1n) is 10.3. The van der Waals surface area contributed by atoms with E-state index in [9.17, 15) is 4.79 Å². The molecule has 156 valence electrons. The first-order chi connectivity index (χ1) is 15.2. The van der Waals surface area contributed by atoms with Crippen LogP contribution in [-0.2, 0) is 6.61 Å². The van der Waals surface area contributed by atoms with Crippen molar-refractivity contribution < 1.29 is 18.6 Å². The van der Waals surface area contributed by atoms with Gasteiger partial charge >= 0.3 is 0 Å². The van der Waals surface area contributed by atoms with E-state index in [1.165, 1.54) is 0 Å². The van der Waals surface area contributed by atoms with E-state index in [-0.39, 0.29) is 5.43 Å². The van der Waals surface area contributed by atoms with Gasteiger partial charge in [0.25, 0.3) is 0 Å². The predicted molar refractivity (Wildman–Crippen MR) is 119 cm³/mol. The van der Waals surface area contributed by atoms with E-state index in [0.717, 1.165) is 17.5 Å². The Hall–Kier alpha value is -3.73. The lowest BCUT2D eigenvalue weighted by Gasteiger charge is -2.12. The maximum Gasteiger partial charge on any atom is 0.200 e. The highest BCUT2D eigenvalue weighted by atomic mass is 16.5. The molecule has 5 heteroatoms. The Labute approximate surface area is 179 Å². The average Bonchev–Trinajstić information content (AvgIpc) is 3.03. The van der Waals surface area contributed by atoms with Crippen molar-refractivity contribution in [2.45, 2.75) is 20.0 Å². The Morgan fingerprint density at radius 2 is 1.71 bits per heavy atom. The number of rotatable bonds is 4. The minimum Gasteiger partial charge on any atom is -0.490 e. The molecule has 1 aromatic heterocycles. The molecule has 5 nitrogen and oxygen atoms in total. The summed E-state index contributed by atoms with van der Waals surface area (Å²) in [5.74, 6) is 2.55. The molecule has 0 spiro atoms. The molecule has 0 atom stereocenters. The second kappa shape index (κ2) is 8.19. The largest absolute Gasteiger partial charge is 0.490 e. The highest BCUT2D eigenvalue weighted by Gasteiger charge is 2.17. The van der Waals surface area contributed by atoms with Crippen LogP contribution in [0.3, 0.4) is 0 Å². The van der Waals surface area contributed by atoms with Crippen LogP contribution in [-0.4, -0.2) is 13.2 Å². The molecular weight excluding hydrogens is 392 g/mol. The van der Waals surface area contributed by atoms with Crippen molar-refractivity contribution in [2.24, 2.45) is 0 Å². The first kappa shape index (κ1) is 19.2. The molecule has 4 aromatic rings. The van der Waals surface area contributed by atoms with Crippen molar-refractivity contribution in [2.75, 3.05) is 13.2 Å². The molecule has 5 rings (SSSR count). The minimum atomic E-state index is -0.0807. The molecule has 0 saturated heterocycles. The average molecular weight is 414 g/mol. The van der Waals surface area contributed by atoms with Gasteiger partial charge in [-0.1, -0.05) is 36.4 Å². The highest BCUT2D eigenvalue weighted by molar-refractivity contribution is 5.84. The highest BCUT2D eigenvalue weighted by Crippen LogP contribution is 2.35. The molecule has 3 aromatic carbocycles. The summed E-state index contributed by atoms with van der Waals surface area (Å²) in [5.41, 5.74) is 2.78. The van der Waals surface area contributed by atoms with Gasteiger partial charge in [0.15, 0.2) is 11.5 Å². The number of ether oxygens (including phenoxy) is 3. The van der Waals surface area contributed by atoms with Crippen LogP contribution >= 0.6 is 0 Å². The Balaban J connectivity index is 1.49. The van der Waals surface area contributed by atoms with Crippen molar-refractivity contribution in [3.63, 3.8) is 0 Å². The van der Waals surface area contributed by atoms with Gasteiger partial charge in [-0.3, -0.25) is 4.79 Å². The quantitative estimate of drug-likeness (QED) is 0.441. The van der Waals surface area contributed by atoms with E-state index < -0.39 is 0 Å². The standard InChI is InChI=1S/C26H22O5/c1-17-25(19-8-11-22-24(14-19)29-13-5-12-28-22)26(27)21-10-9-20(15-23(21)31-17)30-16-18-6-3-2-4-7-18/h2-4,6-11,14-15H,5,12-13,16H2,1H3. The fourth-order valence-corrected chi connectivity index (χ4v) is 3.77. The summed E-state index contributed by atoms with van der Waals surface area (Å²) in [6, 6.07) is 20.8. The second-order valence-electron chi connectivity index (χ2n) is 7.51. The van der Waals surface area contributed by atoms with Crippen molar-refractivity contribution in [3.05, 3.63) is 88.3 Å². The summed E-state index contributed by atoms with van der Waals surface area (Å²) >= 11 is 0. The third-order valence-corrected chi connectivity index (χ3v) is 5.32. The molecule has 0 N–H and O–H groups in total. The second-order valence-corrected chi connectivity index (χ2v) is 7.51. The monoisotopic (exact) mass is 414 g/mol. The van der Waals surface area contributed by atoms with Crippen LogP contribution in [0, 0.1) is 6.92 Å². The smallest absolute Gasteiger partial charge is 0.200 e. The van der Waals surface area contributed by atoms with Gasteiger partial charge in [-0.25, -0.2) is 0 Å². The van der Waals surface area contributed by atoms with E-state index in [2.05, 4.69) is 0 Å². The number of hydrogen-bond donors (Lipinski definition) is 0. The predicted octanol–water partition coefficient (Wildman–Crippen LogP) is 5.51. The zero-order valence-electron chi connectivity index (χ0n) is 17.2. The lowest BCUT2D eigenvalue weighted by molar-refractivity contribution is 0.297. The molecule has 0 aliphatic carbocycles. The van der Waals surface area contributed by atoms with Crippen LogP contribution in [0.4, 0.5) is 0 Å². The van der Waals surface area contributed by atoms with Crippen LogP contribution in [0.5, 0.6) is 17.2 Å². The van der Waals surface area contributed by atoms with Crippen molar-refractivity contribution in [1.29, 1.82) is 0 Å². The molecule has 0 radical (unpaired) electrons. The maximum atomic E-state index is 13.3. The molecule has 1 aliphatic heterocycles. The number of aryl methyl sites for hydroxylation is 1. The van der Waals surface area contributed by atoms with Gasteiger partial charge in [-0.15, -0.1) is 0 Å². The molecule has 0 saturated carbocycles. The van der Waals surface area contributed by atoms with E-state index >= 15 is 0 Å². The van der Waals surface area contributed by atoms with Gasteiger partial charge in [0.1, 0.15) is 23.7 Å². The summed E-state index contributed by atoms with van der Waals surface area (Å²) in [6.45, 7) is 3.47. The van der Waals surface area contributed by atoms with Crippen LogP contribution in [0.2, 0.25) is 0 Å². The fraction of sp³-hybridized carbons (Fsp3) is 0.192. The molecule has 0 unspecified atom stereocenters. The summed E-state index contributed by atoms with van der Waals surface area (Å²) in [7, 11) is 0. The van der Waals surface area contributed by atoms with Crippen LogP contribution in [0.25, 0.3) is 22.1 Å². The normalized spacial score (nSPS) is 13.1. The topological polar surface area (TPSA) is 57.9 Å². The SMILES string of the molecule is Cc1oc2cc(OCc3ccccc3)ccc2c(=O)c1-c1ccc2c(c1)OCCCO2.